The van der Waals surface area contributed by atoms with Crippen LogP contribution in [0.4, 0.5) is 0 Å². The van der Waals surface area contributed by atoms with Crippen molar-refractivity contribution in [3.63, 3.8) is 0 Å². The van der Waals surface area contributed by atoms with Crippen LogP contribution in [-0.2, 0) is 14.3 Å². The molecule has 0 aliphatic carbocycles. The lowest BCUT2D eigenvalue weighted by Crippen LogP contribution is -2.30. The molecule has 4 heteroatoms. The molecule has 0 fully saturated rings. The molecule has 0 bridgehead atoms. The molecule has 12 heavy (non-hydrogen) atoms. The van der Waals surface area contributed by atoms with Crippen molar-refractivity contribution in [2.45, 2.75) is 19.4 Å². The smallest absolute Gasteiger partial charge is 0.328 e. The maximum absolute atomic E-state index is 11.0. The number of rotatable bonds is 2. The SMILES string of the molecule is COC(=O)[C@H]1CC(C(C)=O)=CN1. The molecule has 66 valence electrons. The van der Waals surface area contributed by atoms with Crippen molar-refractivity contribution in [3.05, 3.63) is 11.8 Å². The third-order valence-electron chi connectivity index (χ3n) is 1.82. The van der Waals surface area contributed by atoms with E-state index in [0.717, 1.165) is 0 Å². The quantitative estimate of drug-likeness (QED) is 0.591. The molecule has 1 aliphatic heterocycles. The van der Waals surface area contributed by atoms with Gasteiger partial charge in [0.05, 0.1) is 7.11 Å². The maximum Gasteiger partial charge on any atom is 0.328 e. The van der Waals surface area contributed by atoms with Gasteiger partial charge in [0, 0.05) is 18.2 Å². The van der Waals surface area contributed by atoms with E-state index in [9.17, 15) is 9.59 Å². The van der Waals surface area contributed by atoms with Gasteiger partial charge in [-0.05, 0) is 6.92 Å². The topological polar surface area (TPSA) is 55.4 Å². The monoisotopic (exact) mass is 169 g/mol. The van der Waals surface area contributed by atoms with E-state index in [1.807, 2.05) is 0 Å². The van der Waals surface area contributed by atoms with Gasteiger partial charge < -0.3 is 10.1 Å². The van der Waals surface area contributed by atoms with Gasteiger partial charge in [0.25, 0.3) is 0 Å². The summed E-state index contributed by atoms with van der Waals surface area (Å²) in [6.45, 7) is 1.48. The zero-order chi connectivity index (χ0) is 9.14. The van der Waals surface area contributed by atoms with E-state index < -0.39 is 0 Å². The molecular formula is C8H11NO3. The highest BCUT2D eigenvalue weighted by Crippen LogP contribution is 2.13. The number of hydrogen-bond acceptors (Lipinski definition) is 4. The summed E-state index contributed by atoms with van der Waals surface area (Å²) in [4.78, 5) is 21.8. The third-order valence-corrected chi connectivity index (χ3v) is 1.82. The lowest BCUT2D eigenvalue weighted by molar-refractivity contribution is -0.142. The molecule has 1 aliphatic rings. The van der Waals surface area contributed by atoms with Gasteiger partial charge in [0.15, 0.2) is 5.78 Å². The van der Waals surface area contributed by atoms with Gasteiger partial charge in [-0.2, -0.15) is 0 Å². The fourth-order valence-electron chi connectivity index (χ4n) is 1.08. The van der Waals surface area contributed by atoms with Gasteiger partial charge in [-0.15, -0.1) is 0 Å². The number of Topliss-reactive ketones (excluding diaryl/α,β-unsaturated/α-hetero) is 1. The maximum atomic E-state index is 11.0. The van der Waals surface area contributed by atoms with E-state index in [2.05, 4.69) is 10.1 Å². The van der Waals surface area contributed by atoms with Crippen molar-refractivity contribution in [2.75, 3.05) is 7.11 Å². The summed E-state index contributed by atoms with van der Waals surface area (Å²) in [6, 6.07) is -0.381. The molecule has 4 nitrogen and oxygen atoms in total. The molecule has 1 heterocycles. The molecule has 0 saturated heterocycles. The number of hydrogen-bond donors (Lipinski definition) is 1. The van der Waals surface area contributed by atoms with E-state index in [1.54, 1.807) is 6.20 Å². The Morgan fingerprint density at radius 3 is 2.75 bits per heavy atom. The Balaban J connectivity index is 2.52. The lowest BCUT2D eigenvalue weighted by Gasteiger charge is -2.06. The zero-order valence-electron chi connectivity index (χ0n) is 7.09. The second-order valence-electron chi connectivity index (χ2n) is 2.67. The standard InChI is InChI=1S/C8H11NO3/c1-5(10)6-3-7(9-4-6)8(11)12-2/h4,7,9H,3H2,1-2H3/t7-/m1/s1. The first-order valence-corrected chi connectivity index (χ1v) is 3.69. The summed E-state index contributed by atoms with van der Waals surface area (Å²) in [5, 5.41) is 2.78. The summed E-state index contributed by atoms with van der Waals surface area (Å²) in [7, 11) is 1.33. The van der Waals surface area contributed by atoms with E-state index in [4.69, 9.17) is 0 Å². The first-order valence-electron chi connectivity index (χ1n) is 3.69. The first-order chi connectivity index (χ1) is 5.65. The average molecular weight is 169 g/mol. The molecule has 0 amide bonds. The molecule has 0 aromatic carbocycles. The molecule has 0 aromatic rings. The Bertz CT molecular complexity index is 245. The van der Waals surface area contributed by atoms with Crippen LogP contribution in [0.5, 0.6) is 0 Å². The van der Waals surface area contributed by atoms with Crippen LogP contribution < -0.4 is 5.32 Å². The third kappa shape index (κ3) is 1.64. The number of nitrogens with one attached hydrogen (secondary N) is 1. The summed E-state index contributed by atoms with van der Waals surface area (Å²) in [5.74, 6) is -0.337. The van der Waals surface area contributed by atoms with E-state index in [0.29, 0.717) is 12.0 Å². The number of ether oxygens (including phenoxy) is 1. The van der Waals surface area contributed by atoms with Crippen molar-refractivity contribution < 1.29 is 14.3 Å². The van der Waals surface area contributed by atoms with Crippen LogP contribution >= 0.6 is 0 Å². The van der Waals surface area contributed by atoms with Crippen molar-refractivity contribution in [2.24, 2.45) is 0 Å². The van der Waals surface area contributed by atoms with Crippen LogP contribution in [0.2, 0.25) is 0 Å². The predicted molar refractivity (Wildman–Crippen MR) is 42.3 cm³/mol. The molecule has 1 rings (SSSR count). The summed E-state index contributed by atoms with van der Waals surface area (Å²) < 4.78 is 4.52. The summed E-state index contributed by atoms with van der Waals surface area (Å²) in [5.41, 5.74) is 0.644. The normalized spacial score (nSPS) is 21.2. The van der Waals surface area contributed by atoms with Gasteiger partial charge in [-0.25, -0.2) is 4.79 Å². The van der Waals surface area contributed by atoms with Crippen molar-refractivity contribution in [1.82, 2.24) is 5.32 Å². The van der Waals surface area contributed by atoms with E-state index in [-0.39, 0.29) is 17.8 Å². The molecule has 0 spiro atoms. The Hall–Kier alpha value is -1.32. The van der Waals surface area contributed by atoms with E-state index in [1.165, 1.54) is 14.0 Å². The van der Waals surface area contributed by atoms with Gasteiger partial charge in [0.1, 0.15) is 6.04 Å². The highest BCUT2D eigenvalue weighted by Gasteiger charge is 2.25. The van der Waals surface area contributed by atoms with Crippen molar-refractivity contribution in [3.8, 4) is 0 Å². The van der Waals surface area contributed by atoms with Crippen molar-refractivity contribution >= 4 is 11.8 Å². The van der Waals surface area contributed by atoms with Gasteiger partial charge in [0.2, 0.25) is 0 Å². The minimum Gasteiger partial charge on any atom is -0.467 e. The highest BCUT2D eigenvalue weighted by atomic mass is 16.5. The summed E-state index contributed by atoms with van der Waals surface area (Å²) >= 11 is 0. The Morgan fingerprint density at radius 2 is 2.33 bits per heavy atom. The van der Waals surface area contributed by atoms with Crippen LogP contribution in [-0.4, -0.2) is 24.9 Å². The van der Waals surface area contributed by atoms with Gasteiger partial charge in [-0.1, -0.05) is 0 Å². The van der Waals surface area contributed by atoms with Crippen LogP contribution in [0, 0.1) is 0 Å². The summed E-state index contributed by atoms with van der Waals surface area (Å²) in [6.07, 6.45) is 2.01. The van der Waals surface area contributed by atoms with E-state index >= 15 is 0 Å². The lowest BCUT2D eigenvalue weighted by atomic mass is 10.1. The largest absolute Gasteiger partial charge is 0.467 e. The first kappa shape index (κ1) is 8.77. The number of methoxy groups -OCH3 is 1. The Kier molecular flexibility index (Phi) is 2.47. The Morgan fingerprint density at radius 1 is 1.67 bits per heavy atom. The fourth-order valence-corrected chi connectivity index (χ4v) is 1.08. The molecule has 0 unspecified atom stereocenters. The number of carbonyl (C=O) groups excluding carboxylic acids is 2. The Labute approximate surface area is 70.6 Å². The molecule has 1 N–H and O–H groups in total. The molecule has 1 atom stereocenters. The van der Waals surface area contributed by atoms with Crippen LogP contribution in [0.25, 0.3) is 0 Å². The average Bonchev–Trinajstić information content (AvgIpc) is 2.51. The number of carbonyl (C=O) groups is 2. The second kappa shape index (κ2) is 3.38. The molecule has 0 aromatic heterocycles. The minimum atomic E-state index is -0.381. The number of esters is 1. The molecule has 0 radical (unpaired) electrons. The zero-order valence-corrected chi connectivity index (χ0v) is 7.09. The highest BCUT2D eigenvalue weighted by molar-refractivity contribution is 5.95. The van der Waals surface area contributed by atoms with Crippen LogP contribution in [0.15, 0.2) is 11.8 Å². The van der Waals surface area contributed by atoms with Gasteiger partial charge in [-0.3, -0.25) is 4.79 Å². The predicted octanol–water partition coefficient (Wildman–Crippen LogP) is -0.00580. The molecular weight excluding hydrogens is 158 g/mol. The minimum absolute atomic E-state index is 0.00565. The second-order valence-corrected chi connectivity index (χ2v) is 2.67. The van der Waals surface area contributed by atoms with Crippen LogP contribution in [0.1, 0.15) is 13.3 Å². The fraction of sp³-hybridized carbons (Fsp3) is 0.500. The van der Waals surface area contributed by atoms with Crippen molar-refractivity contribution in [1.29, 1.82) is 0 Å². The molecule has 0 saturated carbocycles. The van der Waals surface area contributed by atoms with Gasteiger partial charge >= 0.3 is 5.97 Å². The van der Waals surface area contributed by atoms with Crippen LogP contribution in [0.3, 0.4) is 0 Å². The number of ketones is 1.